The maximum atomic E-state index is 5.57. The topological polar surface area (TPSA) is 21.3 Å². The van der Waals surface area contributed by atoms with Gasteiger partial charge < -0.3 is 10.1 Å². The predicted molar refractivity (Wildman–Crippen MR) is 64.6 cm³/mol. The minimum Gasteiger partial charge on any atom is -0.380 e. The summed E-state index contributed by atoms with van der Waals surface area (Å²) in [6.45, 7) is 4.86. The van der Waals surface area contributed by atoms with E-state index in [4.69, 9.17) is 4.74 Å². The Hall–Kier alpha value is -0.380. The van der Waals surface area contributed by atoms with Gasteiger partial charge in [0.25, 0.3) is 0 Å². The van der Waals surface area contributed by atoms with Crippen molar-refractivity contribution < 1.29 is 4.74 Å². The average molecular weight is 225 g/mol. The van der Waals surface area contributed by atoms with Crippen LogP contribution in [0.25, 0.3) is 0 Å². The fourth-order valence-corrected chi connectivity index (χ4v) is 2.39. The third-order valence-electron chi connectivity index (χ3n) is 2.55. The molecule has 0 saturated heterocycles. The molecule has 0 radical (unpaired) electrons. The van der Waals surface area contributed by atoms with E-state index in [0.717, 1.165) is 32.2 Å². The third kappa shape index (κ3) is 4.33. The van der Waals surface area contributed by atoms with E-state index in [-0.39, 0.29) is 0 Å². The molecular weight excluding hydrogens is 206 g/mol. The van der Waals surface area contributed by atoms with Gasteiger partial charge in [-0.1, -0.05) is 0 Å². The zero-order chi connectivity index (χ0) is 10.5. The molecule has 0 amide bonds. The fourth-order valence-electron chi connectivity index (χ4n) is 1.52. The smallest absolute Gasteiger partial charge is 0.0591 e. The summed E-state index contributed by atoms with van der Waals surface area (Å²) in [4.78, 5) is 2.82. The molecule has 2 rings (SSSR count). The van der Waals surface area contributed by atoms with Crippen LogP contribution in [-0.4, -0.2) is 25.8 Å². The van der Waals surface area contributed by atoms with Gasteiger partial charge in [0.05, 0.1) is 13.2 Å². The van der Waals surface area contributed by atoms with E-state index in [1.165, 1.54) is 22.6 Å². The van der Waals surface area contributed by atoms with E-state index in [9.17, 15) is 0 Å². The minimum atomic E-state index is 0.800. The summed E-state index contributed by atoms with van der Waals surface area (Å²) in [6.07, 6.45) is 3.77. The molecule has 0 spiro atoms. The van der Waals surface area contributed by atoms with Crippen LogP contribution in [0.15, 0.2) is 12.1 Å². The molecule has 1 aliphatic carbocycles. The molecule has 1 saturated carbocycles. The molecule has 15 heavy (non-hydrogen) atoms. The van der Waals surface area contributed by atoms with Gasteiger partial charge in [-0.05, 0) is 31.9 Å². The Labute approximate surface area is 95.6 Å². The highest BCUT2D eigenvalue weighted by Gasteiger charge is 2.19. The lowest BCUT2D eigenvalue weighted by Gasteiger charge is -2.03. The summed E-state index contributed by atoms with van der Waals surface area (Å²) in [5, 5.41) is 3.44. The van der Waals surface area contributed by atoms with Crippen molar-refractivity contribution in [2.75, 3.05) is 19.8 Å². The summed E-state index contributed by atoms with van der Waals surface area (Å²) < 4.78 is 5.57. The molecule has 84 valence electrons. The van der Waals surface area contributed by atoms with Gasteiger partial charge in [-0.25, -0.2) is 0 Å². The van der Waals surface area contributed by atoms with Crippen LogP contribution in [-0.2, 0) is 11.2 Å². The second kappa shape index (κ2) is 5.64. The highest BCUT2D eigenvalue weighted by atomic mass is 32.1. The number of thiophene rings is 1. The summed E-state index contributed by atoms with van der Waals surface area (Å²) in [5.74, 6) is 0. The average Bonchev–Trinajstić information content (AvgIpc) is 2.95. The van der Waals surface area contributed by atoms with Gasteiger partial charge in [-0.2, -0.15) is 0 Å². The first-order valence-electron chi connectivity index (χ1n) is 5.71. The second-order valence-corrected chi connectivity index (χ2v) is 5.48. The predicted octanol–water partition coefficient (Wildman–Crippen LogP) is 2.37. The van der Waals surface area contributed by atoms with Gasteiger partial charge in [0.2, 0.25) is 0 Å². The molecule has 1 N–H and O–H groups in total. The maximum absolute atomic E-state index is 5.57. The number of hydrogen-bond donors (Lipinski definition) is 1. The van der Waals surface area contributed by atoms with Crippen molar-refractivity contribution in [3.8, 4) is 0 Å². The maximum Gasteiger partial charge on any atom is 0.0591 e. The van der Waals surface area contributed by atoms with Crippen LogP contribution in [0.4, 0.5) is 0 Å². The molecule has 0 unspecified atom stereocenters. The Morgan fingerprint density at radius 2 is 2.27 bits per heavy atom. The summed E-state index contributed by atoms with van der Waals surface area (Å²) >= 11 is 1.87. The molecule has 2 nitrogen and oxygen atoms in total. The molecule has 1 aromatic rings. The van der Waals surface area contributed by atoms with Gasteiger partial charge in [-0.3, -0.25) is 0 Å². The molecule has 3 heteroatoms. The molecule has 0 aromatic carbocycles. The SMILES string of the molecule is Cc1ccc(CCOCCNC2CC2)s1. The molecule has 0 aliphatic heterocycles. The number of nitrogens with one attached hydrogen (secondary N) is 1. The van der Waals surface area contributed by atoms with Crippen molar-refractivity contribution in [1.29, 1.82) is 0 Å². The van der Waals surface area contributed by atoms with Gasteiger partial charge in [0, 0.05) is 28.8 Å². The van der Waals surface area contributed by atoms with E-state index in [0.29, 0.717) is 0 Å². The van der Waals surface area contributed by atoms with Crippen LogP contribution in [0.3, 0.4) is 0 Å². The molecule has 0 atom stereocenters. The van der Waals surface area contributed by atoms with E-state index < -0.39 is 0 Å². The Balaban J connectivity index is 1.47. The van der Waals surface area contributed by atoms with Crippen molar-refractivity contribution >= 4 is 11.3 Å². The minimum absolute atomic E-state index is 0.800. The Morgan fingerprint density at radius 3 is 2.93 bits per heavy atom. The summed E-state index contributed by atoms with van der Waals surface area (Å²) in [6, 6.07) is 5.18. The van der Waals surface area contributed by atoms with Gasteiger partial charge in [0.15, 0.2) is 0 Å². The highest BCUT2D eigenvalue weighted by molar-refractivity contribution is 7.11. The first-order chi connectivity index (χ1) is 7.34. The van der Waals surface area contributed by atoms with Crippen molar-refractivity contribution in [1.82, 2.24) is 5.32 Å². The lowest BCUT2D eigenvalue weighted by atomic mass is 10.3. The molecule has 1 heterocycles. The van der Waals surface area contributed by atoms with Gasteiger partial charge in [0.1, 0.15) is 0 Å². The zero-order valence-electron chi connectivity index (χ0n) is 9.29. The van der Waals surface area contributed by atoms with Crippen LogP contribution < -0.4 is 5.32 Å². The Morgan fingerprint density at radius 1 is 1.40 bits per heavy atom. The molecule has 1 aliphatic rings. The summed E-state index contributed by atoms with van der Waals surface area (Å²) in [7, 11) is 0. The standard InChI is InChI=1S/C12H19NOS/c1-10-2-5-12(15-10)6-8-14-9-7-13-11-3-4-11/h2,5,11,13H,3-4,6-9H2,1H3. The normalized spacial score (nSPS) is 15.8. The van der Waals surface area contributed by atoms with E-state index in [1.54, 1.807) is 0 Å². The largest absolute Gasteiger partial charge is 0.380 e. The van der Waals surface area contributed by atoms with Gasteiger partial charge >= 0.3 is 0 Å². The monoisotopic (exact) mass is 225 g/mol. The second-order valence-electron chi connectivity index (χ2n) is 4.10. The fraction of sp³-hybridized carbons (Fsp3) is 0.667. The third-order valence-corrected chi connectivity index (χ3v) is 3.61. The van der Waals surface area contributed by atoms with Crippen LogP contribution in [0.1, 0.15) is 22.6 Å². The first kappa shape index (κ1) is 11.1. The van der Waals surface area contributed by atoms with Gasteiger partial charge in [-0.15, -0.1) is 11.3 Å². The lowest BCUT2D eigenvalue weighted by molar-refractivity contribution is 0.139. The Bertz CT molecular complexity index is 294. The van der Waals surface area contributed by atoms with Crippen molar-refractivity contribution in [2.24, 2.45) is 0 Å². The van der Waals surface area contributed by atoms with Crippen molar-refractivity contribution in [3.05, 3.63) is 21.9 Å². The lowest BCUT2D eigenvalue weighted by Crippen LogP contribution is -2.22. The molecule has 1 fully saturated rings. The summed E-state index contributed by atoms with van der Waals surface area (Å²) in [5.41, 5.74) is 0. The van der Waals surface area contributed by atoms with Crippen LogP contribution in [0.2, 0.25) is 0 Å². The van der Waals surface area contributed by atoms with E-state index in [2.05, 4.69) is 24.4 Å². The zero-order valence-corrected chi connectivity index (χ0v) is 10.1. The molecule has 1 aromatic heterocycles. The van der Waals surface area contributed by atoms with E-state index >= 15 is 0 Å². The number of hydrogen-bond acceptors (Lipinski definition) is 3. The quantitative estimate of drug-likeness (QED) is 0.719. The first-order valence-corrected chi connectivity index (χ1v) is 6.53. The number of aryl methyl sites for hydroxylation is 1. The van der Waals surface area contributed by atoms with E-state index in [1.807, 2.05) is 11.3 Å². The number of ether oxygens (including phenoxy) is 1. The van der Waals surface area contributed by atoms with Crippen molar-refractivity contribution in [2.45, 2.75) is 32.2 Å². The number of rotatable bonds is 7. The van der Waals surface area contributed by atoms with Crippen LogP contribution in [0.5, 0.6) is 0 Å². The molecule has 0 bridgehead atoms. The Kier molecular flexibility index (Phi) is 4.18. The highest BCUT2D eigenvalue weighted by Crippen LogP contribution is 2.18. The van der Waals surface area contributed by atoms with Crippen LogP contribution in [0, 0.1) is 6.92 Å². The van der Waals surface area contributed by atoms with Crippen LogP contribution >= 0.6 is 11.3 Å². The van der Waals surface area contributed by atoms with Crippen molar-refractivity contribution in [3.63, 3.8) is 0 Å². The molecular formula is C12H19NOS.